The molecule has 1 aromatic rings. The molecule has 0 fully saturated rings. The van der Waals surface area contributed by atoms with Crippen LogP contribution in [0.1, 0.15) is 61.8 Å². The van der Waals surface area contributed by atoms with Crippen LogP contribution in [0.5, 0.6) is 0 Å². The predicted octanol–water partition coefficient (Wildman–Crippen LogP) is 4.32. The van der Waals surface area contributed by atoms with Crippen molar-refractivity contribution in [1.82, 2.24) is 4.90 Å². The predicted molar refractivity (Wildman–Crippen MR) is 82.5 cm³/mol. The standard InChI is InChI=1S/C18H25N/c1-18(2,3)16-9-13-7-5-6-8-14-11-19(4)12-15(10-16)17(13)14/h5,7,9-10,14H,6,8,11-12H2,1-4H3. The van der Waals surface area contributed by atoms with E-state index >= 15 is 0 Å². The van der Waals surface area contributed by atoms with Crippen LogP contribution in [0.15, 0.2) is 18.2 Å². The first kappa shape index (κ1) is 12.9. The fraction of sp³-hybridized carbons (Fsp3) is 0.556. The van der Waals surface area contributed by atoms with Crippen molar-refractivity contribution in [2.24, 2.45) is 0 Å². The van der Waals surface area contributed by atoms with E-state index in [0.29, 0.717) is 0 Å². The first-order chi connectivity index (χ1) is 8.95. The summed E-state index contributed by atoms with van der Waals surface area (Å²) in [6.07, 6.45) is 7.24. The molecule has 2 aliphatic rings. The zero-order valence-electron chi connectivity index (χ0n) is 12.7. The van der Waals surface area contributed by atoms with Crippen LogP contribution in [0.4, 0.5) is 0 Å². The minimum atomic E-state index is 0.233. The molecule has 0 saturated carbocycles. The van der Waals surface area contributed by atoms with Crippen molar-refractivity contribution in [3.05, 3.63) is 40.5 Å². The van der Waals surface area contributed by atoms with Crippen LogP contribution in [-0.4, -0.2) is 18.5 Å². The van der Waals surface area contributed by atoms with E-state index < -0.39 is 0 Å². The Kier molecular flexibility index (Phi) is 3.05. The second-order valence-corrected chi connectivity index (χ2v) is 7.26. The van der Waals surface area contributed by atoms with Gasteiger partial charge in [0.05, 0.1) is 0 Å². The fourth-order valence-electron chi connectivity index (χ4n) is 3.50. The van der Waals surface area contributed by atoms with Crippen molar-refractivity contribution in [3.63, 3.8) is 0 Å². The monoisotopic (exact) mass is 255 g/mol. The van der Waals surface area contributed by atoms with Crippen LogP contribution in [0, 0.1) is 0 Å². The van der Waals surface area contributed by atoms with E-state index in [1.807, 2.05) is 0 Å². The van der Waals surface area contributed by atoms with Crippen LogP contribution >= 0.6 is 0 Å². The molecule has 1 unspecified atom stereocenters. The van der Waals surface area contributed by atoms with E-state index in [2.05, 4.69) is 57.0 Å². The zero-order valence-corrected chi connectivity index (χ0v) is 12.7. The van der Waals surface area contributed by atoms with Crippen molar-refractivity contribution in [2.45, 2.75) is 51.5 Å². The molecule has 0 N–H and O–H groups in total. The third-order valence-corrected chi connectivity index (χ3v) is 4.52. The summed E-state index contributed by atoms with van der Waals surface area (Å²) >= 11 is 0. The summed E-state index contributed by atoms with van der Waals surface area (Å²) in [7, 11) is 2.25. The number of hydrogen-bond donors (Lipinski definition) is 0. The molecule has 102 valence electrons. The molecular formula is C18H25N. The first-order valence-electron chi connectivity index (χ1n) is 7.47. The van der Waals surface area contributed by atoms with Gasteiger partial charge in [0.25, 0.3) is 0 Å². The van der Waals surface area contributed by atoms with Crippen LogP contribution in [-0.2, 0) is 12.0 Å². The van der Waals surface area contributed by atoms with E-state index in [0.717, 1.165) is 12.5 Å². The molecule has 0 spiro atoms. The highest BCUT2D eigenvalue weighted by molar-refractivity contribution is 5.61. The average Bonchev–Trinajstić information content (AvgIpc) is 2.51. The normalized spacial score (nSPS) is 23.1. The molecule has 1 aliphatic carbocycles. The highest BCUT2D eigenvalue weighted by atomic mass is 15.1. The van der Waals surface area contributed by atoms with E-state index in [1.165, 1.54) is 30.5 Å². The summed E-state index contributed by atoms with van der Waals surface area (Å²) in [5.41, 5.74) is 6.39. The summed E-state index contributed by atoms with van der Waals surface area (Å²) in [5.74, 6) is 0.729. The van der Waals surface area contributed by atoms with Crippen LogP contribution < -0.4 is 0 Å². The van der Waals surface area contributed by atoms with Gasteiger partial charge in [-0.05, 0) is 53.5 Å². The highest BCUT2D eigenvalue weighted by Crippen LogP contribution is 2.39. The topological polar surface area (TPSA) is 3.24 Å². The van der Waals surface area contributed by atoms with Crippen LogP contribution in [0.25, 0.3) is 6.08 Å². The Morgan fingerprint density at radius 3 is 2.74 bits per heavy atom. The molecule has 1 aromatic carbocycles. The molecule has 0 aromatic heterocycles. The minimum Gasteiger partial charge on any atom is -0.301 e. The Morgan fingerprint density at radius 2 is 2.00 bits per heavy atom. The number of nitrogens with zero attached hydrogens (tertiary/aromatic N) is 1. The largest absolute Gasteiger partial charge is 0.301 e. The lowest BCUT2D eigenvalue weighted by atomic mass is 9.79. The molecule has 1 heteroatoms. The zero-order chi connectivity index (χ0) is 13.6. The molecule has 1 nitrogen and oxygen atoms in total. The number of likely N-dealkylation sites (N-methyl/N-ethyl adjacent to an activating group) is 1. The molecule has 1 aliphatic heterocycles. The SMILES string of the molecule is CN1Cc2cc(C(C)(C)C)cc3c2C(CCC=C3)C1. The van der Waals surface area contributed by atoms with E-state index in [1.54, 1.807) is 11.1 Å². The summed E-state index contributed by atoms with van der Waals surface area (Å²) in [4.78, 5) is 2.48. The maximum Gasteiger partial charge on any atom is 0.0234 e. The molecule has 0 bridgehead atoms. The summed E-state index contributed by atoms with van der Waals surface area (Å²) in [5, 5.41) is 0. The fourth-order valence-corrected chi connectivity index (χ4v) is 3.50. The number of rotatable bonds is 0. The van der Waals surface area contributed by atoms with Gasteiger partial charge in [-0.3, -0.25) is 0 Å². The molecule has 0 radical (unpaired) electrons. The van der Waals surface area contributed by atoms with Gasteiger partial charge in [0, 0.05) is 13.1 Å². The van der Waals surface area contributed by atoms with Gasteiger partial charge in [0.15, 0.2) is 0 Å². The molecule has 0 saturated heterocycles. The van der Waals surface area contributed by atoms with Gasteiger partial charge in [-0.25, -0.2) is 0 Å². The molecular weight excluding hydrogens is 230 g/mol. The number of hydrogen-bond acceptors (Lipinski definition) is 1. The summed E-state index contributed by atoms with van der Waals surface area (Å²) in [6.45, 7) is 9.26. The Balaban J connectivity index is 2.18. The van der Waals surface area contributed by atoms with Gasteiger partial charge in [-0.2, -0.15) is 0 Å². The molecule has 0 amide bonds. The van der Waals surface area contributed by atoms with Gasteiger partial charge in [0.2, 0.25) is 0 Å². The quantitative estimate of drug-likeness (QED) is 0.667. The summed E-state index contributed by atoms with van der Waals surface area (Å²) < 4.78 is 0. The van der Waals surface area contributed by atoms with Crippen molar-refractivity contribution >= 4 is 6.08 Å². The second-order valence-electron chi connectivity index (χ2n) is 7.26. The van der Waals surface area contributed by atoms with Gasteiger partial charge < -0.3 is 4.90 Å². The van der Waals surface area contributed by atoms with Gasteiger partial charge >= 0.3 is 0 Å². The molecule has 3 rings (SSSR count). The lowest BCUT2D eigenvalue weighted by molar-refractivity contribution is 0.275. The van der Waals surface area contributed by atoms with Gasteiger partial charge in [-0.15, -0.1) is 0 Å². The lowest BCUT2D eigenvalue weighted by Crippen LogP contribution is -2.31. The Hall–Kier alpha value is -1.08. The van der Waals surface area contributed by atoms with E-state index in [-0.39, 0.29) is 5.41 Å². The van der Waals surface area contributed by atoms with Gasteiger partial charge in [-0.1, -0.05) is 45.1 Å². The van der Waals surface area contributed by atoms with Crippen molar-refractivity contribution in [3.8, 4) is 0 Å². The third-order valence-electron chi connectivity index (χ3n) is 4.52. The molecule has 19 heavy (non-hydrogen) atoms. The van der Waals surface area contributed by atoms with E-state index in [4.69, 9.17) is 0 Å². The molecule has 1 heterocycles. The third kappa shape index (κ3) is 2.36. The first-order valence-corrected chi connectivity index (χ1v) is 7.47. The smallest absolute Gasteiger partial charge is 0.0234 e. The maximum atomic E-state index is 2.48. The number of benzene rings is 1. The maximum absolute atomic E-state index is 2.48. The minimum absolute atomic E-state index is 0.233. The van der Waals surface area contributed by atoms with Crippen LogP contribution in [0.3, 0.4) is 0 Å². The summed E-state index contributed by atoms with van der Waals surface area (Å²) in [6, 6.07) is 4.89. The highest BCUT2D eigenvalue weighted by Gasteiger charge is 2.28. The molecule has 1 atom stereocenters. The number of allylic oxidation sites excluding steroid dienone is 1. The Morgan fingerprint density at radius 1 is 1.21 bits per heavy atom. The second kappa shape index (κ2) is 4.49. The van der Waals surface area contributed by atoms with Crippen LogP contribution in [0.2, 0.25) is 0 Å². The van der Waals surface area contributed by atoms with Crippen molar-refractivity contribution < 1.29 is 0 Å². The Labute approximate surface area is 117 Å². The van der Waals surface area contributed by atoms with Gasteiger partial charge in [0.1, 0.15) is 0 Å². The van der Waals surface area contributed by atoms with Crippen molar-refractivity contribution in [2.75, 3.05) is 13.6 Å². The van der Waals surface area contributed by atoms with E-state index in [9.17, 15) is 0 Å². The lowest BCUT2D eigenvalue weighted by Gasteiger charge is -2.34. The Bertz CT molecular complexity index is 519. The van der Waals surface area contributed by atoms with Crippen molar-refractivity contribution in [1.29, 1.82) is 0 Å². The average molecular weight is 255 g/mol.